The highest BCUT2D eigenvalue weighted by molar-refractivity contribution is 5.85. The maximum absolute atomic E-state index is 13.2. The van der Waals surface area contributed by atoms with Gasteiger partial charge in [-0.15, -0.1) is 0 Å². The molecule has 1 aliphatic rings. The third-order valence-corrected chi connectivity index (χ3v) is 6.42. The fourth-order valence-corrected chi connectivity index (χ4v) is 4.22. The molecule has 0 aliphatic heterocycles. The fourth-order valence-electron chi connectivity index (χ4n) is 4.22. The average Bonchev–Trinajstić information content (AvgIpc) is 2.82. The van der Waals surface area contributed by atoms with Gasteiger partial charge in [0.1, 0.15) is 17.9 Å². The first-order valence-electron chi connectivity index (χ1n) is 12.8. The van der Waals surface area contributed by atoms with Crippen LogP contribution in [0.1, 0.15) is 67.7 Å². The number of amides is 2. The molecule has 0 aromatic rings. The van der Waals surface area contributed by atoms with Crippen LogP contribution in [0.3, 0.4) is 0 Å². The Morgan fingerprint density at radius 3 is 2.05 bits per heavy atom. The molecule has 1 saturated carbocycles. The molecular weight excluding hydrogens is 510 g/mol. The van der Waals surface area contributed by atoms with Gasteiger partial charge in [-0.3, -0.25) is 10.1 Å². The first kappa shape index (κ1) is 34.1. The van der Waals surface area contributed by atoms with Crippen molar-refractivity contribution >= 4 is 23.9 Å². The van der Waals surface area contributed by atoms with E-state index in [1.807, 2.05) is 6.92 Å². The minimum atomic E-state index is -1.30. The Bertz CT molecular complexity index is 901. The van der Waals surface area contributed by atoms with E-state index in [4.69, 9.17) is 23.7 Å². The van der Waals surface area contributed by atoms with Gasteiger partial charge in [-0.1, -0.05) is 27.0 Å². The Balaban J connectivity index is 2.67. The number of hydrogen-bond acceptors (Lipinski definition) is 10. The highest BCUT2D eigenvalue weighted by Gasteiger charge is 2.47. The van der Waals surface area contributed by atoms with E-state index in [9.17, 15) is 19.2 Å². The zero-order chi connectivity index (χ0) is 29.9. The predicted molar refractivity (Wildman–Crippen MR) is 143 cm³/mol. The van der Waals surface area contributed by atoms with E-state index in [0.29, 0.717) is 12.8 Å². The lowest BCUT2D eigenvalue weighted by Gasteiger charge is -2.49. The molecule has 1 fully saturated rings. The third kappa shape index (κ3) is 12.2. The van der Waals surface area contributed by atoms with Crippen LogP contribution in [-0.4, -0.2) is 73.6 Å². The SMILES string of the molecule is C=CC(=O)OCOC(C)(C)NCCOC(=O)NC1CCC(C)(C)CC1(C)NC(=O)C(C)(C)OCOC(=O)C=C. The van der Waals surface area contributed by atoms with Crippen molar-refractivity contribution in [1.29, 1.82) is 0 Å². The molecule has 1 aliphatic carbocycles. The molecule has 0 saturated heterocycles. The summed E-state index contributed by atoms with van der Waals surface area (Å²) in [5.74, 6) is -1.66. The van der Waals surface area contributed by atoms with E-state index in [2.05, 4.69) is 43.0 Å². The predicted octanol–water partition coefficient (Wildman–Crippen LogP) is 2.68. The lowest BCUT2D eigenvalue weighted by molar-refractivity contribution is -0.173. The van der Waals surface area contributed by atoms with Crippen LogP contribution < -0.4 is 16.0 Å². The molecule has 1 rings (SSSR count). The molecule has 222 valence electrons. The lowest BCUT2D eigenvalue weighted by atomic mass is 9.66. The van der Waals surface area contributed by atoms with Crippen molar-refractivity contribution in [3.63, 3.8) is 0 Å². The number of alkyl carbamates (subject to hydrolysis) is 1. The molecule has 0 spiro atoms. The summed E-state index contributed by atoms with van der Waals surface area (Å²) in [5, 5.41) is 9.00. The first-order valence-corrected chi connectivity index (χ1v) is 12.8. The topological polar surface area (TPSA) is 151 Å². The smallest absolute Gasteiger partial charge is 0.407 e. The van der Waals surface area contributed by atoms with Crippen LogP contribution in [0.4, 0.5) is 4.79 Å². The van der Waals surface area contributed by atoms with Gasteiger partial charge in [0.05, 0.1) is 11.6 Å². The van der Waals surface area contributed by atoms with Gasteiger partial charge in [0.25, 0.3) is 5.91 Å². The quantitative estimate of drug-likeness (QED) is 0.0904. The van der Waals surface area contributed by atoms with Crippen LogP contribution in [0.5, 0.6) is 0 Å². The van der Waals surface area contributed by atoms with Crippen molar-refractivity contribution in [1.82, 2.24) is 16.0 Å². The highest BCUT2D eigenvalue weighted by atomic mass is 16.7. The van der Waals surface area contributed by atoms with Crippen molar-refractivity contribution in [3.8, 4) is 0 Å². The Morgan fingerprint density at radius 1 is 0.923 bits per heavy atom. The minimum Gasteiger partial charge on any atom is -0.448 e. The molecular formula is C27H45N3O9. The molecule has 0 aromatic carbocycles. The normalized spacial score (nSPS) is 20.7. The maximum atomic E-state index is 13.2. The van der Waals surface area contributed by atoms with E-state index in [1.165, 1.54) is 0 Å². The first-order chi connectivity index (χ1) is 18.0. The molecule has 2 unspecified atom stereocenters. The molecule has 2 amide bonds. The molecule has 12 heteroatoms. The molecule has 2 atom stereocenters. The second-order valence-electron chi connectivity index (χ2n) is 11.4. The Kier molecular flexibility index (Phi) is 12.6. The fraction of sp³-hybridized carbons (Fsp3) is 0.704. The van der Waals surface area contributed by atoms with E-state index >= 15 is 0 Å². The zero-order valence-electron chi connectivity index (χ0n) is 24.3. The van der Waals surface area contributed by atoms with Crippen LogP contribution in [0, 0.1) is 5.41 Å². The zero-order valence-corrected chi connectivity index (χ0v) is 24.3. The number of carbonyl (C=O) groups excluding carboxylic acids is 4. The molecule has 0 radical (unpaired) electrons. The number of hydrogen-bond donors (Lipinski definition) is 3. The summed E-state index contributed by atoms with van der Waals surface area (Å²) < 4.78 is 25.9. The Morgan fingerprint density at radius 2 is 1.49 bits per heavy atom. The van der Waals surface area contributed by atoms with Crippen LogP contribution in [0.25, 0.3) is 0 Å². The standard InChI is InChI=1S/C27H45N3O9/c1-10-20(31)36-17-38-25(5,6)22(33)30-27(9)16-24(3,4)13-12-19(27)29-23(34)35-15-14-28-26(7,8)39-18-37-21(32)11-2/h10-11,19,28H,1-2,12-18H2,3-9H3,(H,29,34)(H,30,33). The van der Waals surface area contributed by atoms with Gasteiger partial charge < -0.3 is 34.3 Å². The summed E-state index contributed by atoms with van der Waals surface area (Å²) >= 11 is 0. The number of carbonyl (C=O) groups is 4. The summed E-state index contributed by atoms with van der Waals surface area (Å²) in [4.78, 5) is 48.2. The van der Waals surface area contributed by atoms with Gasteiger partial charge in [0, 0.05) is 18.7 Å². The van der Waals surface area contributed by atoms with Crippen molar-refractivity contribution < 1.29 is 42.9 Å². The van der Waals surface area contributed by atoms with Gasteiger partial charge in [-0.05, 0) is 59.3 Å². The van der Waals surface area contributed by atoms with Crippen LogP contribution >= 0.6 is 0 Å². The van der Waals surface area contributed by atoms with Crippen molar-refractivity contribution in [3.05, 3.63) is 25.3 Å². The number of rotatable bonds is 15. The van der Waals surface area contributed by atoms with E-state index in [-0.39, 0.29) is 25.4 Å². The summed E-state index contributed by atoms with van der Waals surface area (Å²) in [5.41, 5.74) is -3.02. The summed E-state index contributed by atoms with van der Waals surface area (Å²) in [7, 11) is 0. The van der Waals surface area contributed by atoms with Crippen LogP contribution in [0.2, 0.25) is 0 Å². The average molecular weight is 556 g/mol. The van der Waals surface area contributed by atoms with Crippen molar-refractivity contribution in [2.45, 2.75) is 90.6 Å². The van der Waals surface area contributed by atoms with Crippen molar-refractivity contribution in [2.75, 3.05) is 26.7 Å². The molecule has 12 nitrogen and oxygen atoms in total. The number of esters is 2. The van der Waals surface area contributed by atoms with E-state index in [1.54, 1.807) is 27.7 Å². The summed E-state index contributed by atoms with van der Waals surface area (Å²) in [6, 6.07) is -0.399. The largest absolute Gasteiger partial charge is 0.448 e. The molecule has 3 N–H and O–H groups in total. The van der Waals surface area contributed by atoms with Gasteiger partial charge >= 0.3 is 18.0 Å². The maximum Gasteiger partial charge on any atom is 0.407 e. The van der Waals surface area contributed by atoms with Crippen LogP contribution in [-0.2, 0) is 38.1 Å². The highest BCUT2D eigenvalue weighted by Crippen LogP contribution is 2.41. The minimum absolute atomic E-state index is 0.0522. The Labute approximate surface area is 231 Å². The molecule has 0 aromatic heterocycles. The van der Waals surface area contributed by atoms with Gasteiger partial charge in [0.2, 0.25) is 0 Å². The molecule has 0 bridgehead atoms. The van der Waals surface area contributed by atoms with Gasteiger partial charge in [-0.25, -0.2) is 14.4 Å². The van der Waals surface area contributed by atoms with E-state index < -0.39 is 53.6 Å². The Hall–Kier alpha value is -2.96. The second-order valence-corrected chi connectivity index (χ2v) is 11.4. The molecule has 0 heterocycles. The number of nitrogens with one attached hydrogen (secondary N) is 3. The summed E-state index contributed by atoms with van der Waals surface area (Å²) in [6.07, 6.45) is 3.49. The number of ether oxygens (including phenoxy) is 5. The van der Waals surface area contributed by atoms with Crippen molar-refractivity contribution in [2.24, 2.45) is 5.41 Å². The van der Waals surface area contributed by atoms with E-state index in [0.717, 1.165) is 18.6 Å². The third-order valence-electron chi connectivity index (χ3n) is 6.42. The second kappa shape index (κ2) is 14.4. The monoisotopic (exact) mass is 555 g/mol. The lowest BCUT2D eigenvalue weighted by Crippen LogP contribution is -2.66. The van der Waals surface area contributed by atoms with Crippen LogP contribution in [0.15, 0.2) is 25.3 Å². The van der Waals surface area contributed by atoms with Gasteiger partial charge in [0.15, 0.2) is 13.6 Å². The van der Waals surface area contributed by atoms with Gasteiger partial charge in [-0.2, -0.15) is 0 Å². The summed E-state index contributed by atoms with van der Waals surface area (Å²) in [6.45, 7) is 19.0. The molecule has 39 heavy (non-hydrogen) atoms.